The van der Waals surface area contributed by atoms with Gasteiger partial charge >= 0.3 is 0 Å². The number of benzene rings is 2. The third-order valence-corrected chi connectivity index (χ3v) is 6.94. The summed E-state index contributed by atoms with van der Waals surface area (Å²) >= 11 is 5.91. The van der Waals surface area contributed by atoms with Crippen LogP contribution in [-0.2, 0) is 0 Å². The lowest BCUT2D eigenvalue weighted by molar-refractivity contribution is 0.0926. The van der Waals surface area contributed by atoms with Crippen LogP contribution in [0.2, 0.25) is 5.02 Å². The number of rotatable bonds is 5. The highest BCUT2D eigenvalue weighted by molar-refractivity contribution is 6.30. The molecule has 2 fully saturated rings. The predicted molar refractivity (Wildman–Crippen MR) is 111 cm³/mol. The van der Waals surface area contributed by atoms with Crippen LogP contribution in [0.3, 0.4) is 0 Å². The highest BCUT2D eigenvalue weighted by Crippen LogP contribution is 2.62. The number of halogens is 2. The first-order valence-electron chi connectivity index (χ1n) is 10.2. The van der Waals surface area contributed by atoms with Crippen molar-refractivity contribution in [3.05, 3.63) is 65.1 Å². The summed E-state index contributed by atoms with van der Waals surface area (Å²) in [5.74, 6) is 1.43. The molecule has 1 heterocycles. The van der Waals surface area contributed by atoms with Crippen molar-refractivity contribution in [3.8, 4) is 0 Å². The van der Waals surface area contributed by atoms with Gasteiger partial charge in [0.15, 0.2) is 5.82 Å². The minimum atomic E-state index is -0.266. The van der Waals surface area contributed by atoms with E-state index in [1.165, 1.54) is 6.07 Å². The Kier molecular flexibility index (Phi) is 4.58. The Hall–Kier alpha value is -2.40. The van der Waals surface area contributed by atoms with Crippen LogP contribution in [-0.4, -0.2) is 21.7 Å². The number of amides is 1. The van der Waals surface area contributed by atoms with Crippen molar-refractivity contribution in [1.29, 1.82) is 0 Å². The maximum atomic E-state index is 13.9. The first-order chi connectivity index (χ1) is 14.0. The van der Waals surface area contributed by atoms with Crippen molar-refractivity contribution in [2.45, 2.75) is 38.3 Å². The molecule has 2 saturated carbocycles. The Morgan fingerprint density at radius 2 is 1.97 bits per heavy atom. The van der Waals surface area contributed by atoms with Gasteiger partial charge in [0.25, 0.3) is 5.91 Å². The normalized spacial score (nSPS) is 26.3. The third-order valence-electron chi connectivity index (χ3n) is 6.69. The monoisotopic (exact) mass is 411 g/mol. The Labute approximate surface area is 174 Å². The minimum absolute atomic E-state index is 0.0381. The summed E-state index contributed by atoms with van der Waals surface area (Å²) in [7, 11) is 0. The van der Waals surface area contributed by atoms with E-state index in [0.29, 0.717) is 39.9 Å². The standard InChI is InChI=1S/C23H23ClFN3O/c1-2-20(26-23(29)13-6-8-15(24)9-7-13)21-17-10-16(11-18(17)21)28-12-14-4-3-5-19(25)22(14)27-28/h3-9,12,16-18,20-21H,2,10-11H2,1H3,(H,26,29)/t16-,17-,18+,20?,21+. The highest BCUT2D eigenvalue weighted by Gasteiger charge is 2.59. The zero-order chi connectivity index (χ0) is 20.1. The number of hydrogen-bond donors (Lipinski definition) is 1. The van der Waals surface area contributed by atoms with Crippen LogP contribution in [0, 0.1) is 23.6 Å². The topological polar surface area (TPSA) is 46.9 Å². The smallest absolute Gasteiger partial charge is 0.251 e. The van der Waals surface area contributed by atoms with E-state index in [-0.39, 0.29) is 17.8 Å². The van der Waals surface area contributed by atoms with Crippen molar-refractivity contribution < 1.29 is 9.18 Å². The second kappa shape index (κ2) is 7.13. The van der Waals surface area contributed by atoms with E-state index in [1.54, 1.807) is 30.3 Å². The van der Waals surface area contributed by atoms with Gasteiger partial charge in [-0.3, -0.25) is 9.48 Å². The van der Waals surface area contributed by atoms with Crippen LogP contribution < -0.4 is 5.32 Å². The molecule has 1 amide bonds. The van der Waals surface area contributed by atoms with Crippen molar-refractivity contribution in [1.82, 2.24) is 15.1 Å². The molecule has 1 N–H and O–H groups in total. The second-order valence-electron chi connectivity index (χ2n) is 8.31. The lowest BCUT2D eigenvalue weighted by Gasteiger charge is -2.21. The molecule has 2 aliphatic carbocycles. The van der Waals surface area contributed by atoms with Gasteiger partial charge in [0, 0.05) is 28.2 Å². The molecule has 5 atom stereocenters. The summed E-state index contributed by atoms with van der Waals surface area (Å²) in [5, 5.41) is 9.20. The van der Waals surface area contributed by atoms with Crippen LogP contribution in [0.5, 0.6) is 0 Å². The molecule has 5 rings (SSSR count). The summed E-state index contributed by atoms with van der Waals surface area (Å²) in [6.07, 6.45) is 4.96. The molecule has 3 aromatic rings. The zero-order valence-electron chi connectivity index (χ0n) is 16.2. The maximum absolute atomic E-state index is 13.9. The van der Waals surface area contributed by atoms with E-state index in [4.69, 9.17) is 11.6 Å². The van der Waals surface area contributed by atoms with E-state index >= 15 is 0 Å². The Balaban J connectivity index is 1.24. The predicted octanol–water partition coefficient (Wildman–Crippen LogP) is 5.23. The average Bonchev–Trinajstić information content (AvgIpc) is 3.08. The summed E-state index contributed by atoms with van der Waals surface area (Å²) in [6.45, 7) is 2.13. The summed E-state index contributed by atoms with van der Waals surface area (Å²) in [6, 6.07) is 12.6. The van der Waals surface area contributed by atoms with E-state index in [2.05, 4.69) is 17.3 Å². The molecular formula is C23H23ClFN3O. The molecule has 1 aromatic heterocycles. The first-order valence-corrected chi connectivity index (χ1v) is 10.6. The fourth-order valence-corrected chi connectivity index (χ4v) is 5.34. The van der Waals surface area contributed by atoms with Crippen molar-refractivity contribution in [2.75, 3.05) is 0 Å². The molecule has 0 saturated heterocycles. The van der Waals surface area contributed by atoms with Gasteiger partial charge in [0.2, 0.25) is 0 Å². The number of nitrogens with zero attached hydrogens (tertiary/aromatic N) is 2. The van der Waals surface area contributed by atoms with Crippen LogP contribution in [0.4, 0.5) is 4.39 Å². The molecule has 0 bridgehead atoms. The minimum Gasteiger partial charge on any atom is -0.349 e. The van der Waals surface area contributed by atoms with Crippen LogP contribution in [0.25, 0.3) is 10.9 Å². The SMILES string of the molecule is CCC(NC(=O)c1ccc(Cl)cc1)[C@H]1[C@@H]2C[C@@H](n3cc4cccc(F)c4n3)C[C@@H]21. The van der Waals surface area contributed by atoms with Gasteiger partial charge in [-0.2, -0.15) is 5.10 Å². The zero-order valence-corrected chi connectivity index (χ0v) is 16.9. The van der Waals surface area contributed by atoms with Crippen LogP contribution in [0.15, 0.2) is 48.7 Å². The molecular weight excluding hydrogens is 389 g/mol. The average molecular weight is 412 g/mol. The molecule has 4 nitrogen and oxygen atoms in total. The van der Waals surface area contributed by atoms with Gasteiger partial charge in [-0.15, -0.1) is 0 Å². The molecule has 150 valence electrons. The summed E-state index contributed by atoms with van der Waals surface area (Å²) in [4.78, 5) is 12.6. The molecule has 6 heteroatoms. The van der Waals surface area contributed by atoms with E-state index in [9.17, 15) is 9.18 Å². The fraction of sp³-hybridized carbons (Fsp3) is 0.391. The van der Waals surface area contributed by atoms with Crippen LogP contribution >= 0.6 is 11.6 Å². The third kappa shape index (κ3) is 3.31. The van der Waals surface area contributed by atoms with Crippen LogP contribution in [0.1, 0.15) is 42.6 Å². The van der Waals surface area contributed by atoms with Gasteiger partial charge in [-0.05, 0) is 67.3 Å². The van der Waals surface area contributed by atoms with Crippen molar-refractivity contribution >= 4 is 28.4 Å². The van der Waals surface area contributed by atoms with E-state index in [0.717, 1.165) is 24.6 Å². The van der Waals surface area contributed by atoms with Gasteiger partial charge in [0.05, 0.1) is 6.04 Å². The van der Waals surface area contributed by atoms with Gasteiger partial charge in [0.1, 0.15) is 5.52 Å². The van der Waals surface area contributed by atoms with E-state index in [1.807, 2.05) is 16.9 Å². The molecule has 0 spiro atoms. The largest absolute Gasteiger partial charge is 0.349 e. The molecule has 2 aromatic carbocycles. The van der Waals surface area contributed by atoms with Gasteiger partial charge < -0.3 is 5.32 Å². The first kappa shape index (κ1) is 18.6. The molecule has 1 unspecified atom stereocenters. The summed E-state index contributed by atoms with van der Waals surface area (Å²) < 4.78 is 15.9. The second-order valence-corrected chi connectivity index (χ2v) is 8.75. The quantitative estimate of drug-likeness (QED) is 0.624. The number of fused-ring (bicyclic) bond motifs is 2. The Bertz CT molecular complexity index is 1050. The number of carbonyl (C=O) groups is 1. The lowest BCUT2D eigenvalue weighted by Crippen LogP contribution is -2.37. The molecule has 0 aliphatic heterocycles. The van der Waals surface area contributed by atoms with Gasteiger partial charge in [-0.25, -0.2) is 4.39 Å². The Morgan fingerprint density at radius 3 is 2.62 bits per heavy atom. The lowest BCUT2D eigenvalue weighted by atomic mass is 9.99. The fourth-order valence-electron chi connectivity index (χ4n) is 5.21. The number of hydrogen-bond acceptors (Lipinski definition) is 2. The molecule has 2 aliphatic rings. The van der Waals surface area contributed by atoms with Crippen molar-refractivity contribution in [3.63, 3.8) is 0 Å². The Morgan fingerprint density at radius 1 is 1.24 bits per heavy atom. The van der Waals surface area contributed by atoms with Gasteiger partial charge in [-0.1, -0.05) is 30.7 Å². The molecule has 0 radical (unpaired) electrons. The maximum Gasteiger partial charge on any atom is 0.251 e. The number of aromatic nitrogens is 2. The van der Waals surface area contributed by atoms with Crippen molar-refractivity contribution in [2.24, 2.45) is 17.8 Å². The highest BCUT2D eigenvalue weighted by atomic mass is 35.5. The number of nitrogens with one attached hydrogen (secondary N) is 1. The number of carbonyl (C=O) groups excluding carboxylic acids is 1. The summed E-state index contributed by atoms with van der Waals surface area (Å²) in [5.41, 5.74) is 1.09. The van der Waals surface area contributed by atoms with E-state index < -0.39 is 0 Å². The molecule has 29 heavy (non-hydrogen) atoms.